The SMILES string of the molecule is C.Cc1nc(C)c(C)[nH]1.c1c[nH]cn1. The molecule has 14 heavy (non-hydrogen) atoms. The second-order valence-electron chi connectivity index (χ2n) is 2.79. The van der Waals surface area contributed by atoms with Crippen molar-refractivity contribution in [2.45, 2.75) is 28.2 Å². The maximum Gasteiger partial charge on any atom is 0.103 e. The smallest absolute Gasteiger partial charge is 0.103 e. The summed E-state index contributed by atoms with van der Waals surface area (Å²) >= 11 is 0. The van der Waals surface area contributed by atoms with Crippen LogP contribution in [0.3, 0.4) is 0 Å². The summed E-state index contributed by atoms with van der Waals surface area (Å²) in [5.41, 5.74) is 2.27. The molecule has 2 N–H and O–H groups in total. The van der Waals surface area contributed by atoms with Crippen LogP contribution in [0.1, 0.15) is 24.6 Å². The van der Waals surface area contributed by atoms with Gasteiger partial charge < -0.3 is 9.97 Å². The van der Waals surface area contributed by atoms with Gasteiger partial charge in [-0.2, -0.15) is 0 Å². The van der Waals surface area contributed by atoms with E-state index in [1.165, 1.54) is 5.69 Å². The lowest BCUT2D eigenvalue weighted by molar-refractivity contribution is 1.12. The van der Waals surface area contributed by atoms with Gasteiger partial charge in [0.15, 0.2) is 0 Å². The maximum absolute atomic E-state index is 4.16. The van der Waals surface area contributed by atoms with Gasteiger partial charge in [0.2, 0.25) is 0 Å². The van der Waals surface area contributed by atoms with Crippen molar-refractivity contribution < 1.29 is 0 Å². The van der Waals surface area contributed by atoms with Crippen molar-refractivity contribution in [1.82, 2.24) is 19.9 Å². The van der Waals surface area contributed by atoms with Gasteiger partial charge in [-0.1, -0.05) is 7.43 Å². The molecule has 0 bridgehead atoms. The number of imidazole rings is 2. The Balaban J connectivity index is 0.000000246. The Morgan fingerprint density at radius 1 is 1.21 bits per heavy atom. The molecule has 78 valence electrons. The molecule has 4 heteroatoms. The van der Waals surface area contributed by atoms with Crippen LogP contribution >= 0.6 is 0 Å². The monoisotopic (exact) mass is 194 g/mol. The van der Waals surface area contributed by atoms with Crippen LogP contribution in [0.15, 0.2) is 18.7 Å². The van der Waals surface area contributed by atoms with Gasteiger partial charge >= 0.3 is 0 Å². The largest absolute Gasteiger partial charge is 0.351 e. The molecule has 4 nitrogen and oxygen atoms in total. The van der Waals surface area contributed by atoms with E-state index in [4.69, 9.17) is 0 Å². The minimum atomic E-state index is 0. The molecule has 0 saturated carbocycles. The molecule has 0 amide bonds. The van der Waals surface area contributed by atoms with E-state index in [9.17, 15) is 0 Å². The van der Waals surface area contributed by atoms with Gasteiger partial charge in [-0.05, 0) is 20.8 Å². The second-order valence-corrected chi connectivity index (χ2v) is 2.79. The molecule has 0 unspecified atom stereocenters. The quantitative estimate of drug-likeness (QED) is 0.676. The van der Waals surface area contributed by atoms with Crippen molar-refractivity contribution in [2.75, 3.05) is 0 Å². The summed E-state index contributed by atoms with van der Waals surface area (Å²) in [5.74, 6) is 1.00. The summed E-state index contributed by atoms with van der Waals surface area (Å²) in [6.07, 6.45) is 5.08. The molecule has 0 aliphatic rings. The summed E-state index contributed by atoms with van der Waals surface area (Å²) in [6, 6.07) is 0. The zero-order chi connectivity index (χ0) is 9.68. The number of aryl methyl sites for hydroxylation is 3. The second kappa shape index (κ2) is 5.96. The first kappa shape index (κ1) is 12.4. The van der Waals surface area contributed by atoms with Gasteiger partial charge in [-0.3, -0.25) is 0 Å². The first-order valence-corrected chi connectivity index (χ1v) is 4.12. The van der Waals surface area contributed by atoms with Gasteiger partial charge in [-0.15, -0.1) is 0 Å². The molecule has 2 rings (SSSR count). The normalized spacial score (nSPS) is 8.50. The van der Waals surface area contributed by atoms with Gasteiger partial charge in [-0.25, -0.2) is 9.97 Å². The predicted molar refractivity (Wildman–Crippen MR) is 58.1 cm³/mol. The third-order valence-corrected chi connectivity index (χ3v) is 1.65. The molecule has 0 aromatic carbocycles. The van der Waals surface area contributed by atoms with Crippen LogP contribution in [0.2, 0.25) is 0 Å². The molecule has 0 aliphatic carbocycles. The molecule has 2 heterocycles. The standard InChI is InChI=1S/C6H10N2.C3H4N2.CH4/c1-4-5(2)8-6(3)7-4;1-2-5-3-4-1;/h1-3H3,(H,7,8);1-3H,(H,4,5);1H4. The first-order valence-electron chi connectivity index (χ1n) is 4.12. The fraction of sp³-hybridized carbons (Fsp3) is 0.400. The zero-order valence-corrected chi connectivity index (χ0v) is 8.13. The molecule has 0 aliphatic heterocycles. The van der Waals surface area contributed by atoms with Gasteiger partial charge in [0, 0.05) is 18.1 Å². The average molecular weight is 194 g/mol. The Morgan fingerprint density at radius 3 is 2.07 bits per heavy atom. The third kappa shape index (κ3) is 3.89. The summed E-state index contributed by atoms with van der Waals surface area (Å²) in [5, 5.41) is 0. The summed E-state index contributed by atoms with van der Waals surface area (Å²) in [6.45, 7) is 5.98. The molecule has 0 saturated heterocycles. The predicted octanol–water partition coefficient (Wildman–Crippen LogP) is 2.38. The molecule has 0 spiro atoms. The van der Waals surface area contributed by atoms with E-state index in [2.05, 4.69) is 19.9 Å². The van der Waals surface area contributed by atoms with Gasteiger partial charge in [0.1, 0.15) is 5.82 Å². The molecule has 0 atom stereocenters. The topological polar surface area (TPSA) is 57.4 Å². The number of aromatic nitrogens is 4. The van der Waals surface area contributed by atoms with Crippen molar-refractivity contribution in [1.29, 1.82) is 0 Å². The number of rotatable bonds is 0. The van der Waals surface area contributed by atoms with Crippen LogP contribution in [0.25, 0.3) is 0 Å². The Kier molecular flexibility index (Phi) is 5.29. The lowest BCUT2D eigenvalue weighted by Gasteiger charge is -1.79. The lowest BCUT2D eigenvalue weighted by atomic mass is 10.4. The van der Waals surface area contributed by atoms with Crippen LogP contribution in [-0.4, -0.2) is 19.9 Å². The highest BCUT2D eigenvalue weighted by Crippen LogP contribution is 1.99. The first-order chi connectivity index (χ1) is 6.20. The van der Waals surface area contributed by atoms with Crippen molar-refractivity contribution >= 4 is 0 Å². The van der Waals surface area contributed by atoms with Crippen molar-refractivity contribution in [3.63, 3.8) is 0 Å². The van der Waals surface area contributed by atoms with E-state index in [1.54, 1.807) is 18.7 Å². The van der Waals surface area contributed by atoms with Crippen molar-refractivity contribution in [2.24, 2.45) is 0 Å². The summed E-state index contributed by atoms with van der Waals surface area (Å²) < 4.78 is 0. The fourth-order valence-electron chi connectivity index (χ4n) is 0.940. The number of H-pyrrole nitrogens is 2. The van der Waals surface area contributed by atoms with Gasteiger partial charge in [0.25, 0.3) is 0 Å². The Morgan fingerprint density at radius 2 is 1.93 bits per heavy atom. The summed E-state index contributed by atoms with van der Waals surface area (Å²) in [4.78, 5) is 13.7. The fourth-order valence-corrected chi connectivity index (χ4v) is 0.940. The Labute approximate surface area is 84.8 Å². The van der Waals surface area contributed by atoms with Gasteiger partial charge in [0.05, 0.1) is 12.0 Å². The Bertz CT molecular complexity index is 298. The highest BCUT2D eigenvalue weighted by molar-refractivity contribution is 5.09. The van der Waals surface area contributed by atoms with E-state index in [-0.39, 0.29) is 7.43 Å². The minimum absolute atomic E-state index is 0. The van der Waals surface area contributed by atoms with E-state index in [0.717, 1.165) is 11.5 Å². The molecule has 2 aromatic rings. The van der Waals surface area contributed by atoms with E-state index in [1.807, 2.05) is 20.8 Å². The summed E-state index contributed by atoms with van der Waals surface area (Å²) in [7, 11) is 0. The van der Waals surface area contributed by atoms with Crippen LogP contribution in [0, 0.1) is 20.8 Å². The number of aromatic amines is 2. The minimum Gasteiger partial charge on any atom is -0.351 e. The highest BCUT2D eigenvalue weighted by Gasteiger charge is 1.93. The lowest BCUT2D eigenvalue weighted by Crippen LogP contribution is -1.71. The maximum atomic E-state index is 4.16. The number of hydrogen-bond acceptors (Lipinski definition) is 2. The number of nitrogens with one attached hydrogen (secondary N) is 2. The average Bonchev–Trinajstić information content (AvgIpc) is 2.66. The number of nitrogens with zero attached hydrogens (tertiary/aromatic N) is 2. The van der Waals surface area contributed by atoms with Crippen LogP contribution in [0.5, 0.6) is 0 Å². The third-order valence-electron chi connectivity index (χ3n) is 1.65. The van der Waals surface area contributed by atoms with Crippen molar-refractivity contribution in [3.8, 4) is 0 Å². The van der Waals surface area contributed by atoms with Crippen molar-refractivity contribution in [3.05, 3.63) is 35.9 Å². The zero-order valence-electron chi connectivity index (χ0n) is 8.13. The van der Waals surface area contributed by atoms with E-state index < -0.39 is 0 Å². The molecule has 0 fully saturated rings. The number of hydrogen-bond donors (Lipinski definition) is 2. The molecular weight excluding hydrogens is 176 g/mol. The van der Waals surface area contributed by atoms with E-state index >= 15 is 0 Å². The van der Waals surface area contributed by atoms with Crippen LogP contribution in [0.4, 0.5) is 0 Å². The van der Waals surface area contributed by atoms with Crippen LogP contribution in [-0.2, 0) is 0 Å². The van der Waals surface area contributed by atoms with E-state index in [0.29, 0.717) is 0 Å². The molecule has 2 aromatic heterocycles. The molecule has 0 radical (unpaired) electrons. The molecular formula is C10H18N4. The van der Waals surface area contributed by atoms with Crippen LogP contribution < -0.4 is 0 Å². The highest BCUT2D eigenvalue weighted by atomic mass is 14.9. The Hall–Kier alpha value is -1.58.